The molecule has 122 valence electrons. The molecule has 0 aliphatic carbocycles. The number of nitro groups is 2. The Kier molecular flexibility index (Phi) is 6.35. The first kappa shape index (κ1) is 18.1. The maximum Gasteiger partial charge on any atom is 0.270 e. The van der Waals surface area contributed by atoms with Crippen molar-refractivity contribution in [2.24, 2.45) is 10.9 Å². The number of rotatable bonds is 3. The van der Waals surface area contributed by atoms with Crippen molar-refractivity contribution in [2.45, 2.75) is 0 Å². The summed E-state index contributed by atoms with van der Waals surface area (Å²) in [6.45, 7) is 6.58. The van der Waals surface area contributed by atoms with E-state index in [-0.39, 0.29) is 17.2 Å². The van der Waals surface area contributed by atoms with E-state index in [1.807, 2.05) is 0 Å². The van der Waals surface area contributed by atoms with E-state index in [0.29, 0.717) is 11.3 Å². The van der Waals surface area contributed by atoms with E-state index in [1.54, 1.807) is 0 Å². The summed E-state index contributed by atoms with van der Waals surface area (Å²) in [5, 5.41) is 31.5. The van der Waals surface area contributed by atoms with Crippen molar-refractivity contribution < 1.29 is 15.1 Å². The zero-order chi connectivity index (χ0) is 18.1. The summed E-state index contributed by atoms with van der Waals surface area (Å²) >= 11 is 0. The summed E-state index contributed by atoms with van der Waals surface area (Å²) in [7, 11) is 0. The number of oxime groups is 1. The molecule has 0 radical (unpaired) electrons. The zero-order valence-electron chi connectivity index (χ0n) is 12.1. The molecule has 24 heavy (non-hydrogen) atoms. The minimum absolute atomic E-state index is 0.0431. The van der Waals surface area contributed by atoms with Gasteiger partial charge < -0.3 is 10.9 Å². The van der Waals surface area contributed by atoms with E-state index in [4.69, 9.17) is 17.5 Å². The fourth-order valence-corrected chi connectivity index (χ4v) is 1.51. The average Bonchev–Trinajstić information content (AvgIpc) is 2.61. The van der Waals surface area contributed by atoms with Gasteiger partial charge in [-0.2, -0.15) is 0 Å². The molecule has 0 aliphatic heterocycles. The van der Waals surface area contributed by atoms with Crippen molar-refractivity contribution in [1.29, 1.82) is 0 Å². The van der Waals surface area contributed by atoms with Gasteiger partial charge in [-0.1, -0.05) is 29.4 Å². The number of nitro benzene ring substituents is 2. The molecule has 0 bridgehead atoms. The highest BCUT2D eigenvalue weighted by Crippen LogP contribution is 2.18. The second-order valence-electron chi connectivity index (χ2n) is 4.18. The van der Waals surface area contributed by atoms with Gasteiger partial charge >= 0.3 is 0 Å². The van der Waals surface area contributed by atoms with Crippen LogP contribution in [-0.2, 0) is 0 Å². The molecule has 2 rings (SSSR count). The summed E-state index contributed by atoms with van der Waals surface area (Å²) in [5.41, 5.74) is 5.71. The second kappa shape index (κ2) is 8.44. The topological polar surface area (TPSA) is 149 Å². The van der Waals surface area contributed by atoms with Crippen LogP contribution in [0.15, 0.2) is 53.7 Å². The molecule has 0 aliphatic rings. The molecule has 0 heterocycles. The third kappa shape index (κ3) is 5.08. The fraction of sp³-hybridized carbons (Fsp3) is 0. The normalized spacial score (nSPS) is 10.0. The summed E-state index contributed by atoms with van der Waals surface area (Å²) in [5.74, 6) is -0.149. The minimum atomic E-state index is -0.547. The van der Waals surface area contributed by atoms with Gasteiger partial charge in [0, 0.05) is 29.8 Å². The van der Waals surface area contributed by atoms with Crippen LogP contribution in [0.25, 0.3) is 4.85 Å². The Morgan fingerprint density at radius 2 is 1.62 bits per heavy atom. The largest absolute Gasteiger partial charge is 0.409 e. The molecule has 2 aromatic rings. The molecule has 0 unspecified atom stereocenters. The molecule has 10 nitrogen and oxygen atoms in total. The number of non-ortho nitro benzene ring substituents is 2. The van der Waals surface area contributed by atoms with Crippen molar-refractivity contribution in [2.75, 3.05) is 0 Å². The molecule has 10 heteroatoms. The molecular formula is C14H11N5O5. The van der Waals surface area contributed by atoms with Crippen LogP contribution in [0.1, 0.15) is 5.56 Å². The summed E-state index contributed by atoms with van der Waals surface area (Å²) < 4.78 is 0. The number of benzene rings is 2. The lowest BCUT2D eigenvalue weighted by atomic mass is 10.2. The minimum Gasteiger partial charge on any atom is -0.409 e. The number of nitrogens with two attached hydrogens (primary N) is 1. The van der Waals surface area contributed by atoms with Crippen LogP contribution in [0.3, 0.4) is 0 Å². The van der Waals surface area contributed by atoms with Crippen molar-refractivity contribution in [3.8, 4) is 0 Å². The van der Waals surface area contributed by atoms with Crippen LogP contribution >= 0.6 is 0 Å². The maximum atomic E-state index is 10.3. The Labute approximate surface area is 135 Å². The molecule has 0 spiro atoms. The lowest BCUT2D eigenvalue weighted by Gasteiger charge is -1.96. The molecular weight excluding hydrogens is 318 g/mol. The molecule has 0 atom stereocenters. The van der Waals surface area contributed by atoms with Gasteiger partial charge in [0.15, 0.2) is 11.5 Å². The Morgan fingerprint density at radius 1 is 1.08 bits per heavy atom. The third-order valence-corrected chi connectivity index (χ3v) is 2.63. The highest BCUT2D eigenvalue weighted by atomic mass is 16.6. The molecule has 0 aromatic heterocycles. The molecule has 3 N–H and O–H groups in total. The molecule has 0 saturated carbocycles. The standard InChI is InChI=1S/C7H7N3O3.C7H4N2O2/c8-7(9-11)5-2-1-3-6(4-5)10(12)13;1-8-6-3-2-4-7(5-6)9(10)11/h1-4,11H,(H2,8,9);2-5H. The quantitative estimate of drug-likeness (QED) is 0.221. The van der Waals surface area contributed by atoms with Gasteiger partial charge in [-0.05, 0) is 0 Å². The Morgan fingerprint density at radius 3 is 2.12 bits per heavy atom. The lowest BCUT2D eigenvalue weighted by Crippen LogP contribution is -2.12. The van der Waals surface area contributed by atoms with Crippen molar-refractivity contribution in [3.05, 3.63) is 85.7 Å². The van der Waals surface area contributed by atoms with E-state index >= 15 is 0 Å². The van der Waals surface area contributed by atoms with Gasteiger partial charge in [0.25, 0.3) is 11.4 Å². The van der Waals surface area contributed by atoms with Crippen LogP contribution in [-0.4, -0.2) is 20.9 Å². The SMILES string of the molecule is N/C(=N\O)c1cccc([N+](=O)[O-])c1.[C-]#[N+]c1cccc([N+](=O)[O-])c1. The summed E-state index contributed by atoms with van der Waals surface area (Å²) in [6.07, 6.45) is 0. The fourth-order valence-electron chi connectivity index (χ4n) is 1.51. The highest BCUT2D eigenvalue weighted by Gasteiger charge is 2.07. The van der Waals surface area contributed by atoms with E-state index in [9.17, 15) is 20.2 Å². The molecule has 0 amide bonds. The number of nitrogens with zero attached hydrogens (tertiary/aromatic N) is 4. The molecule has 0 saturated heterocycles. The Bertz CT molecular complexity index is 828. The number of hydrogen-bond acceptors (Lipinski definition) is 6. The summed E-state index contributed by atoms with van der Waals surface area (Å²) in [4.78, 5) is 22.5. The van der Waals surface area contributed by atoms with Gasteiger partial charge in [0.2, 0.25) is 0 Å². The van der Waals surface area contributed by atoms with Crippen molar-refractivity contribution in [3.63, 3.8) is 0 Å². The van der Waals surface area contributed by atoms with Gasteiger partial charge in [-0.25, -0.2) is 4.85 Å². The summed E-state index contributed by atoms with van der Waals surface area (Å²) in [6, 6.07) is 11.2. The first-order chi connectivity index (χ1) is 11.4. The predicted octanol–water partition coefficient (Wildman–Crippen LogP) is 2.83. The first-order valence-electron chi connectivity index (χ1n) is 6.23. The number of hydrogen-bond donors (Lipinski definition) is 2. The van der Waals surface area contributed by atoms with Gasteiger partial charge in [-0.15, -0.1) is 0 Å². The van der Waals surface area contributed by atoms with Crippen LogP contribution in [0.4, 0.5) is 17.1 Å². The lowest BCUT2D eigenvalue weighted by molar-refractivity contribution is -0.385. The van der Waals surface area contributed by atoms with Crippen LogP contribution < -0.4 is 5.73 Å². The first-order valence-corrected chi connectivity index (χ1v) is 6.23. The zero-order valence-corrected chi connectivity index (χ0v) is 12.1. The average molecular weight is 329 g/mol. The predicted molar refractivity (Wildman–Crippen MR) is 85.0 cm³/mol. The smallest absolute Gasteiger partial charge is 0.270 e. The molecule has 0 fully saturated rings. The van der Waals surface area contributed by atoms with Gasteiger partial charge in [0.05, 0.1) is 16.4 Å². The van der Waals surface area contributed by atoms with Crippen LogP contribution in [0, 0.1) is 26.8 Å². The number of amidine groups is 1. The van der Waals surface area contributed by atoms with Gasteiger partial charge in [-0.3, -0.25) is 20.2 Å². The van der Waals surface area contributed by atoms with E-state index in [0.717, 1.165) is 0 Å². The molecule has 2 aromatic carbocycles. The van der Waals surface area contributed by atoms with Gasteiger partial charge in [0.1, 0.15) is 0 Å². The van der Waals surface area contributed by atoms with Crippen LogP contribution in [0.5, 0.6) is 0 Å². The highest BCUT2D eigenvalue weighted by molar-refractivity contribution is 5.97. The van der Waals surface area contributed by atoms with E-state index in [1.165, 1.54) is 48.5 Å². The monoisotopic (exact) mass is 329 g/mol. The maximum absolute atomic E-state index is 10.3. The Balaban J connectivity index is 0.000000243. The van der Waals surface area contributed by atoms with Crippen molar-refractivity contribution in [1.82, 2.24) is 0 Å². The van der Waals surface area contributed by atoms with E-state index in [2.05, 4.69) is 10.0 Å². The Hall–Kier alpha value is -4.00. The van der Waals surface area contributed by atoms with Crippen molar-refractivity contribution >= 4 is 22.9 Å². The third-order valence-electron chi connectivity index (χ3n) is 2.63. The second-order valence-corrected chi connectivity index (χ2v) is 4.18. The van der Waals surface area contributed by atoms with E-state index < -0.39 is 9.85 Å². The van der Waals surface area contributed by atoms with Crippen LogP contribution in [0.2, 0.25) is 0 Å².